The number of halogens is 1. The van der Waals surface area contributed by atoms with Crippen LogP contribution >= 0.6 is 0 Å². The number of nitrogen functional groups attached to an aromatic ring is 2. The summed E-state index contributed by atoms with van der Waals surface area (Å²) in [5.74, 6) is -0.496. The summed E-state index contributed by atoms with van der Waals surface area (Å²) in [6.45, 7) is 0. The van der Waals surface area contributed by atoms with E-state index in [9.17, 15) is 4.39 Å². The lowest BCUT2D eigenvalue weighted by atomic mass is 10.2. The highest BCUT2D eigenvalue weighted by Gasteiger charge is 2.07. The van der Waals surface area contributed by atoms with Gasteiger partial charge >= 0.3 is 0 Å². The van der Waals surface area contributed by atoms with Crippen molar-refractivity contribution >= 4 is 11.4 Å². The predicted octanol–water partition coefficient (Wildman–Crippen LogP) is 0.999. The summed E-state index contributed by atoms with van der Waals surface area (Å²) in [4.78, 5) is 0. The van der Waals surface area contributed by atoms with Gasteiger partial charge in [-0.25, -0.2) is 4.39 Å². The van der Waals surface area contributed by atoms with Crippen molar-refractivity contribution in [1.29, 1.82) is 0 Å². The zero-order valence-electron chi connectivity index (χ0n) is 6.10. The third-order valence-electron chi connectivity index (χ3n) is 1.40. The Kier molecular flexibility index (Phi) is 1.85. The Labute approximate surface area is 63.8 Å². The van der Waals surface area contributed by atoms with E-state index in [2.05, 4.69) is 4.74 Å². The van der Waals surface area contributed by atoms with Crippen LogP contribution < -0.4 is 16.2 Å². The highest BCUT2D eigenvalue weighted by molar-refractivity contribution is 5.66. The minimum absolute atomic E-state index is 0.0654. The molecule has 4 N–H and O–H groups in total. The van der Waals surface area contributed by atoms with Crippen molar-refractivity contribution in [3.8, 4) is 5.75 Å². The molecule has 0 radical (unpaired) electrons. The lowest BCUT2D eigenvalue weighted by Gasteiger charge is -2.05. The number of rotatable bonds is 1. The van der Waals surface area contributed by atoms with E-state index in [1.54, 1.807) is 0 Å². The molecule has 0 saturated heterocycles. The summed E-state index contributed by atoms with van der Waals surface area (Å²) in [6, 6.07) is 2.93. The standard InChI is InChI=1S/C7H9FN2O/c1-11-5-3-2-4(9)7(10)6(5)8/h2-3H,9-10H2,1H3. The third kappa shape index (κ3) is 1.19. The van der Waals surface area contributed by atoms with E-state index in [1.165, 1.54) is 19.2 Å². The topological polar surface area (TPSA) is 61.3 Å². The molecule has 0 unspecified atom stereocenters. The maximum atomic E-state index is 12.9. The number of hydrogen-bond acceptors (Lipinski definition) is 3. The van der Waals surface area contributed by atoms with Crippen LogP contribution in [0.25, 0.3) is 0 Å². The summed E-state index contributed by atoms with van der Waals surface area (Å²) in [5.41, 5.74) is 10.8. The van der Waals surface area contributed by atoms with Crippen molar-refractivity contribution in [3.05, 3.63) is 17.9 Å². The Morgan fingerprint density at radius 3 is 2.55 bits per heavy atom. The van der Waals surface area contributed by atoms with Gasteiger partial charge < -0.3 is 16.2 Å². The van der Waals surface area contributed by atoms with Crippen molar-refractivity contribution in [2.24, 2.45) is 0 Å². The summed E-state index contributed by atoms with van der Waals surface area (Å²) in [6.07, 6.45) is 0. The monoisotopic (exact) mass is 156 g/mol. The molecular weight excluding hydrogens is 147 g/mol. The quantitative estimate of drug-likeness (QED) is 0.596. The van der Waals surface area contributed by atoms with Crippen LogP contribution in [-0.2, 0) is 0 Å². The summed E-state index contributed by atoms with van der Waals surface area (Å²) in [5, 5.41) is 0. The normalized spacial score (nSPS) is 9.64. The van der Waals surface area contributed by atoms with Crippen molar-refractivity contribution in [2.45, 2.75) is 0 Å². The second kappa shape index (κ2) is 2.65. The van der Waals surface area contributed by atoms with E-state index in [-0.39, 0.29) is 17.1 Å². The molecule has 0 heterocycles. The molecule has 0 aromatic heterocycles. The maximum absolute atomic E-state index is 12.9. The average Bonchev–Trinajstić information content (AvgIpc) is 2.01. The largest absolute Gasteiger partial charge is 0.494 e. The predicted molar refractivity (Wildman–Crippen MR) is 41.8 cm³/mol. The van der Waals surface area contributed by atoms with Crippen molar-refractivity contribution < 1.29 is 9.13 Å². The van der Waals surface area contributed by atoms with E-state index < -0.39 is 5.82 Å². The number of methoxy groups -OCH3 is 1. The van der Waals surface area contributed by atoms with Gasteiger partial charge in [0.05, 0.1) is 18.5 Å². The Hall–Kier alpha value is -1.45. The molecule has 1 rings (SSSR count). The van der Waals surface area contributed by atoms with Crippen molar-refractivity contribution in [2.75, 3.05) is 18.6 Å². The van der Waals surface area contributed by atoms with E-state index >= 15 is 0 Å². The molecule has 0 atom stereocenters. The smallest absolute Gasteiger partial charge is 0.189 e. The first kappa shape index (κ1) is 7.65. The zero-order chi connectivity index (χ0) is 8.43. The zero-order valence-corrected chi connectivity index (χ0v) is 6.10. The molecule has 1 aromatic carbocycles. The van der Waals surface area contributed by atoms with E-state index in [4.69, 9.17) is 11.5 Å². The van der Waals surface area contributed by atoms with Crippen LogP contribution in [0.3, 0.4) is 0 Å². The van der Waals surface area contributed by atoms with Crippen LogP contribution in [0.2, 0.25) is 0 Å². The molecule has 0 bridgehead atoms. The number of benzene rings is 1. The first-order valence-electron chi connectivity index (χ1n) is 3.04. The number of ether oxygens (including phenoxy) is 1. The molecule has 4 heteroatoms. The van der Waals surface area contributed by atoms with Crippen LogP contribution in [-0.4, -0.2) is 7.11 Å². The fourth-order valence-corrected chi connectivity index (χ4v) is 0.746. The lowest BCUT2D eigenvalue weighted by Crippen LogP contribution is -1.99. The Balaban J connectivity index is 3.25. The van der Waals surface area contributed by atoms with Crippen LogP contribution in [0, 0.1) is 5.82 Å². The molecule has 1 aromatic rings. The highest BCUT2D eigenvalue weighted by Crippen LogP contribution is 2.26. The molecule has 0 saturated carbocycles. The summed E-state index contributed by atoms with van der Waals surface area (Å²) in [7, 11) is 1.37. The molecule has 0 spiro atoms. The van der Waals surface area contributed by atoms with Gasteiger partial charge in [-0.15, -0.1) is 0 Å². The Morgan fingerprint density at radius 1 is 1.36 bits per heavy atom. The van der Waals surface area contributed by atoms with Gasteiger partial charge in [-0.2, -0.15) is 0 Å². The Morgan fingerprint density at radius 2 is 2.00 bits per heavy atom. The second-order valence-corrected chi connectivity index (χ2v) is 2.08. The van der Waals surface area contributed by atoms with Gasteiger partial charge in [0, 0.05) is 0 Å². The van der Waals surface area contributed by atoms with Gasteiger partial charge in [-0.3, -0.25) is 0 Å². The first-order chi connectivity index (χ1) is 5.16. The van der Waals surface area contributed by atoms with E-state index in [1.807, 2.05) is 0 Å². The molecule has 11 heavy (non-hydrogen) atoms. The second-order valence-electron chi connectivity index (χ2n) is 2.08. The number of anilines is 2. The molecule has 60 valence electrons. The number of nitrogens with two attached hydrogens (primary N) is 2. The number of hydrogen-bond donors (Lipinski definition) is 2. The molecule has 0 aliphatic heterocycles. The van der Waals surface area contributed by atoms with Crippen molar-refractivity contribution in [3.63, 3.8) is 0 Å². The van der Waals surface area contributed by atoms with E-state index in [0.717, 1.165) is 0 Å². The molecule has 3 nitrogen and oxygen atoms in total. The van der Waals surface area contributed by atoms with Crippen LogP contribution in [0.15, 0.2) is 12.1 Å². The first-order valence-corrected chi connectivity index (χ1v) is 3.04. The average molecular weight is 156 g/mol. The van der Waals surface area contributed by atoms with Gasteiger partial charge in [0.1, 0.15) is 0 Å². The fraction of sp³-hybridized carbons (Fsp3) is 0.143. The van der Waals surface area contributed by atoms with Gasteiger partial charge in [0.25, 0.3) is 0 Å². The van der Waals surface area contributed by atoms with Crippen LogP contribution in [0.5, 0.6) is 5.75 Å². The minimum atomic E-state index is -0.604. The maximum Gasteiger partial charge on any atom is 0.189 e. The SMILES string of the molecule is COc1ccc(N)c(N)c1F. The minimum Gasteiger partial charge on any atom is -0.494 e. The van der Waals surface area contributed by atoms with Gasteiger partial charge in [-0.05, 0) is 12.1 Å². The Bertz CT molecular complexity index is 275. The highest BCUT2D eigenvalue weighted by atomic mass is 19.1. The molecular formula is C7H9FN2O. The summed E-state index contributed by atoms with van der Waals surface area (Å²) >= 11 is 0. The van der Waals surface area contributed by atoms with Gasteiger partial charge in [0.2, 0.25) is 0 Å². The van der Waals surface area contributed by atoms with Crippen LogP contribution in [0.1, 0.15) is 0 Å². The summed E-state index contributed by atoms with van der Waals surface area (Å²) < 4.78 is 17.6. The molecule has 0 amide bonds. The van der Waals surface area contributed by atoms with Crippen LogP contribution in [0.4, 0.5) is 15.8 Å². The van der Waals surface area contributed by atoms with Gasteiger partial charge in [-0.1, -0.05) is 0 Å². The van der Waals surface area contributed by atoms with Crippen molar-refractivity contribution in [1.82, 2.24) is 0 Å². The van der Waals surface area contributed by atoms with Gasteiger partial charge in [0.15, 0.2) is 11.6 Å². The fourth-order valence-electron chi connectivity index (χ4n) is 0.746. The van der Waals surface area contributed by atoms with E-state index in [0.29, 0.717) is 0 Å². The molecule has 0 aliphatic rings. The molecule has 0 aliphatic carbocycles. The third-order valence-corrected chi connectivity index (χ3v) is 1.40. The lowest BCUT2D eigenvalue weighted by molar-refractivity contribution is 0.388. The molecule has 0 fully saturated rings.